The van der Waals surface area contributed by atoms with Crippen LogP contribution in [-0.2, 0) is 0 Å². The Kier molecular flexibility index (Phi) is 7.03. The van der Waals surface area contributed by atoms with E-state index in [1.807, 2.05) is 41.3 Å². The van der Waals surface area contributed by atoms with Gasteiger partial charge in [-0.2, -0.15) is 0 Å². The average molecular weight is 407 g/mol. The molecule has 2 aliphatic rings. The summed E-state index contributed by atoms with van der Waals surface area (Å²) in [5.41, 5.74) is 2.21. The van der Waals surface area contributed by atoms with Crippen molar-refractivity contribution >= 4 is 6.03 Å². The van der Waals surface area contributed by atoms with Crippen LogP contribution in [-0.4, -0.2) is 73.1 Å². The lowest BCUT2D eigenvalue weighted by atomic mass is 9.99. The molecule has 2 fully saturated rings. The molecule has 0 aromatic heterocycles. The third-order valence-corrected chi connectivity index (χ3v) is 6.58. The van der Waals surface area contributed by atoms with Crippen LogP contribution in [0.5, 0.6) is 0 Å². The van der Waals surface area contributed by atoms with Gasteiger partial charge in [-0.1, -0.05) is 67.1 Å². The van der Waals surface area contributed by atoms with Crippen molar-refractivity contribution in [3.05, 3.63) is 71.8 Å². The molecule has 0 spiro atoms. The Balaban J connectivity index is 1.35. The van der Waals surface area contributed by atoms with Gasteiger partial charge in [-0.25, -0.2) is 4.79 Å². The minimum absolute atomic E-state index is 0.0298. The topological polar surface area (TPSA) is 38.8 Å². The first-order valence-corrected chi connectivity index (χ1v) is 11.3. The van der Waals surface area contributed by atoms with Gasteiger partial charge in [0.25, 0.3) is 0 Å². The standard InChI is InChI=1S/C25H34N4O/c1-27-15-9-8-14-23(27)20-28-16-18-29(19-17-28)25(30)26-24(21-10-4-2-5-11-21)22-12-6-3-7-13-22/h2-7,10-13,23-24H,8-9,14-20H2,1H3,(H,26,30). The second-order valence-electron chi connectivity index (χ2n) is 8.62. The monoisotopic (exact) mass is 406 g/mol. The van der Waals surface area contributed by atoms with E-state index in [1.54, 1.807) is 0 Å². The zero-order valence-corrected chi connectivity index (χ0v) is 18.0. The van der Waals surface area contributed by atoms with Crippen molar-refractivity contribution in [2.75, 3.05) is 46.3 Å². The Bertz CT molecular complexity index is 750. The number of urea groups is 1. The number of likely N-dealkylation sites (N-methyl/N-ethyl adjacent to an activating group) is 1. The van der Waals surface area contributed by atoms with Crippen LogP contribution in [0.2, 0.25) is 0 Å². The van der Waals surface area contributed by atoms with Gasteiger partial charge in [0.05, 0.1) is 6.04 Å². The number of nitrogens with zero attached hydrogens (tertiary/aromatic N) is 3. The molecule has 2 aromatic carbocycles. The van der Waals surface area contributed by atoms with Gasteiger partial charge in [0.2, 0.25) is 0 Å². The Labute approximate surface area is 180 Å². The van der Waals surface area contributed by atoms with Crippen LogP contribution in [0.15, 0.2) is 60.7 Å². The molecule has 2 aliphatic heterocycles. The van der Waals surface area contributed by atoms with Crippen LogP contribution in [0.25, 0.3) is 0 Å². The van der Waals surface area contributed by atoms with Crippen LogP contribution in [0.4, 0.5) is 4.79 Å². The van der Waals surface area contributed by atoms with Crippen LogP contribution in [0.1, 0.15) is 36.4 Å². The lowest BCUT2D eigenvalue weighted by molar-refractivity contribution is 0.0926. The van der Waals surface area contributed by atoms with E-state index in [0.29, 0.717) is 6.04 Å². The fourth-order valence-corrected chi connectivity index (χ4v) is 4.67. The molecule has 2 saturated heterocycles. The summed E-state index contributed by atoms with van der Waals surface area (Å²) < 4.78 is 0. The number of carbonyl (C=O) groups excluding carboxylic acids is 1. The Morgan fingerprint density at radius 1 is 0.900 bits per heavy atom. The molecule has 4 rings (SSSR count). The Morgan fingerprint density at radius 2 is 1.50 bits per heavy atom. The number of benzene rings is 2. The van der Waals surface area contributed by atoms with Crippen molar-refractivity contribution in [1.29, 1.82) is 0 Å². The number of hydrogen-bond donors (Lipinski definition) is 1. The maximum absolute atomic E-state index is 13.1. The van der Waals surface area contributed by atoms with Gasteiger partial charge in [0, 0.05) is 38.8 Å². The highest BCUT2D eigenvalue weighted by molar-refractivity contribution is 5.75. The van der Waals surface area contributed by atoms with Crippen LogP contribution >= 0.6 is 0 Å². The molecule has 0 saturated carbocycles. The lowest BCUT2D eigenvalue weighted by Crippen LogP contribution is -2.55. The van der Waals surface area contributed by atoms with Crippen LogP contribution in [0, 0.1) is 0 Å². The highest BCUT2D eigenvalue weighted by atomic mass is 16.2. The van der Waals surface area contributed by atoms with Crippen molar-refractivity contribution in [3.8, 4) is 0 Å². The van der Waals surface area contributed by atoms with Crippen LogP contribution in [0.3, 0.4) is 0 Å². The molecule has 0 bridgehead atoms. The smallest absolute Gasteiger partial charge is 0.318 e. The molecule has 2 amide bonds. The molecule has 160 valence electrons. The molecule has 0 radical (unpaired) electrons. The number of rotatable bonds is 5. The number of carbonyl (C=O) groups is 1. The molecule has 1 N–H and O–H groups in total. The van der Waals surface area contributed by atoms with Gasteiger partial charge in [0.15, 0.2) is 0 Å². The van der Waals surface area contributed by atoms with E-state index in [2.05, 4.69) is 46.4 Å². The molecule has 1 atom stereocenters. The third-order valence-electron chi connectivity index (χ3n) is 6.58. The molecule has 5 nitrogen and oxygen atoms in total. The first kappa shape index (κ1) is 20.9. The van der Waals surface area contributed by atoms with Gasteiger partial charge in [0.1, 0.15) is 0 Å². The molecule has 30 heavy (non-hydrogen) atoms. The van der Waals surface area contributed by atoms with E-state index in [1.165, 1.54) is 25.8 Å². The number of amides is 2. The van der Waals surface area contributed by atoms with Gasteiger partial charge in [-0.15, -0.1) is 0 Å². The van der Waals surface area contributed by atoms with Gasteiger partial charge in [-0.05, 0) is 37.6 Å². The summed E-state index contributed by atoms with van der Waals surface area (Å²) in [7, 11) is 2.25. The van der Waals surface area contributed by atoms with E-state index >= 15 is 0 Å². The number of piperidine rings is 1. The zero-order chi connectivity index (χ0) is 20.8. The molecule has 2 heterocycles. The average Bonchev–Trinajstić information content (AvgIpc) is 2.80. The third kappa shape index (κ3) is 5.21. The Morgan fingerprint density at radius 3 is 2.07 bits per heavy atom. The molecule has 5 heteroatoms. The van der Waals surface area contributed by atoms with Gasteiger partial charge >= 0.3 is 6.03 Å². The highest BCUT2D eigenvalue weighted by Gasteiger charge is 2.27. The van der Waals surface area contributed by atoms with Crippen molar-refractivity contribution in [3.63, 3.8) is 0 Å². The van der Waals surface area contributed by atoms with Crippen molar-refractivity contribution < 1.29 is 4.79 Å². The van der Waals surface area contributed by atoms with Gasteiger partial charge < -0.3 is 15.1 Å². The molecule has 1 unspecified atom stereocenters. The predicted molar refractivity (Wildman–Crippen MR) is 122 cm³/mol. The zero-order valence-electron chi connectivity index (χ0n) is 18.0. The summed E-state index contributed by atoms with van der Waals surface area (Å²) in [4.78, 5) is 20.1. The fraction of sp³-hybridized carbons (Fsp3) is 0.480. The second-order valence-corrected chi connectivity index (χ2v) is 8.62. The minimum atomic E-state index is -0.131. The van der Waals surface area contributed by atoms with E-state index < -0.39 is 0 Å². The van der Waals surface area contributed by atoms with E-state index in [-0.39, 0.29) is 12.1 Å². The fourth-order valence-electron chi connectivity index (χ4n) is 4.67. The second kappa shape index (κ2) is 10.1. The number of likely N-dealkylation sites (tertiary alicyclic amines) is 1. The predicted octanol–water partition coefficient (Wildman–Crippen LogP) is 3.59. The summed E-state index contributed by atoms with van der Waals surface area (Å²) in [6.07, 6.45) is 3.97. The van der Waals surface area contributed by atoms with Gasteiger partial charge in [-0.3, -0.25) is 4.90 Å². The number of piperazine rings is 1. The molecule has 2 aromatic rings. The summed E-state index contributed by atoms with van der Waals surface area (Å²) in [5.74, 6) is 0. The summed E-state index contributed by atoms with van der Waals surface area (Å²) in [6.45, 7) is 5.84. The van der Waals surface area contributed by atoms with Crippen LogP contribution < -0.4 is 5.32 Å². The summed E-state index contributed by atoms with van der Waals surface area (Å²) >= 11 is 0. The SMILES string of the molecule is CN1CCCCC1CN1CCN(C(=O)NC(c2ccccc2)c2ccccc2)CC1. The largest absolute Gasteiger partial charge is 0.327 e. The Hall–Kier alpha value is -2.37. The van der Waals surface area contributed by atoms with E-state index in [9.17, 15) is 4.79 Å². The maximum Gasteiger partial charge on any atom is 0.318 e. The molecule has 0 aliphatic carbocycles. The lowest BCUT2D eigenvalue weighted by Gasteiger charge is -2.40. The quantitative estimate of drug-likeness (QED) is 0.825. The van der Waals surface area contributed by atoms with E-state index in [0.717, 1.165) is 43.9 Å². The first-order chi connectivity index (χ1) is 14.7. The highest BCUT2D eigenvalue weighted by Crippen LogP contribution is 2.22. The van der Waals surface area contributed by atoms with Crippen molar-refractivity contribution in [1.82, 2.24) is 20.0 Å². The maximum atomic E-state index is 13.1. The van der Waals surface area contributed by atoms with Crippen molar-refractivity contribution in [2.45, 2.75) is 31.3 Å². The summed E-state index contributed by atoms with van der Waals surface area (Å²) in [5, 5.41) is 3.28. The molecular formula is C25H34N4O. The number of nitrogens with one attached hydrogen (secondary N) is 1. The summed E-state index contributed by atoms with van der Waals surface area (Å²) in [6, 6.07) is 21.0. The van der Waals surface area contributed by atoms with E-state index in [4.69, 9.17) is 0 Å². The first-order valence-electron chi connectivity index (χ1n) is 11.3. The minimum Gasteiger partial charge on any atom is -0.327 e. The molecular weight excluding hydrogens is 372 g/mol. The van der Waals surface area contributed by atoms with Crippen molar-refractivity contribution in [2.24, 2.45) is 0 Å². The normalized spacial score (nSPS) is 21.0. The number of hydrogen-bond acceptors (Lipinski definition) is 3.